The van der Waals surface area contributed by atoms with Gasteiger partial charge in [0.2, 0.25) is 0 Å². The van der Waals surface area contributed by atoms with Crippen molar-refractivity contribution < 1.29 is 14.3 Å². The number of benzene rings is 4. The highest BCUT2D eigenvalue weighted by atomic mass is 35.5. The lowest BCUT2D eigenvalue weighted by atomic mass is 9.93. The minimum absolute atomic E-state index is 0.00805. The van der Waals surface area contributed by atoms with Crippen molar-refractivity contribution in [2.75, 3.05) is 14.2 Å². The van der Waals surface area contributed by atoms with Crippen molar-refractivity contribution in [1.29, 1.82) is 0 Å². The number of carbonyl (C=O) groups is 1. The van der Waals surface area contributed by atoms with Gasteiger partial charge in [-0.2, -0.15) is 0 Å². The van der Waals surface area contributed by atoms with Gasteiger partial charge in [-0.25, -0.2) is 4.31 Å². The first-order chi connectivity index (χ1) is 20.9. The summed E-state index contributed by atoms with van der Waals surface area (Å²) in [5.74, 6) is -0.0114. The summed E-state index contributed by atoms with van der Waals surface area (Å²) in [6.07, 6.45) is 0.111. The highest BCUT2D eigenvalue weighted by Crippen LogP contribution is 2.54. The number of nitrogens with zero attached hydrogens (tertiary/aromatic N) is 3. The van der Waals surface area contributed by atoms with Crippen LogP contribution in [0.15, 0.2) is 77.7 Å². The maximum atomic E-state index is 13.6. The average Bonchev–Trinajstić information content (AvgIpc) is 3.65. The number of halogens is 1. The van der Waals surface area contributed by atoms with Crippen molar-refractivity contribution in [2.45, 2.75) is 48.9 Å². The van der Waals surface area contributed by atoms with Crippen LogP contribution in [0.3, 0.4) is 0 Å². The Morgan fingerprint density at radius 3 is 2.44 bits per heavy atom. The van der Waals surface area contributed by atoms with Gasteiger partial charge < -0.3 is 23.9 Å². The highest BCUT2D eigenvalue weighted by Gasteiger charge is 2.54. The average molecular weight is 609 g/mol. The first kappa shape index (κ1) is 25.9. The number of nitrogens with one attached hydrogen (secondary N) is 1. The number of ether oxygens (including phenoxy) is 2. The molecule has 1 amide bonds. The van der Waals surface area contributed by atoms with Crippen LogP contribution in [-0.4, -0.2) is 45.6 Å². The molecule has 3 aliphatic rings. The van der Waals surface area contributed by atoms with Crippen LogP contribution < -0.4 is 5.32 Å². The fourth-order valence-corrected chi connectivity index (χ4v) is 9.15. The molecule has 6 aromatic rings. The van der Waals surface area contributed by atoms with Crippen molar-refractivity contribution in [3.05, 3.63) is 88.9 Å². The van der Waals surface area contributed by atoms with Crippen LogP contribution in [-0.2, 0) is 21.7 Å². The van der Waals surface area contributed by atoms with Crippen LogP contribution >= 0.6 is 23.5 Å². The second kappa shape index (κ2) is 9.00. The van der Waals surface area contributed by atoms with Gasteiger partial charge in [-0.1, -0.05) is 48.0 Å². The number of amides is 1. The normalized spacial score (nSPS) is 24.5. The Kier molecular flexibility index (Phi) is 5.43. The zero-order valence-electron chi connectivity index (χ0n) is 23.9. The van der Waals surface area contributed by atoms with E-state index in [2.05, 4.69) is 81.3 Å². The zero-order chi connectivity index (χ0) is 29.2. The predicted molar refractivity (Wildman–Crippen MR) is 172 cm³/mol. The van der Waals surface area contributed by atoms with E-state index in [-0.39, 0.29) is 24.3 Å². The maximum absolute atomic E-state index is 13.6. The van der Waals surface area contributed by atoms with E-state index >= 15 is 0 Å². The minimum atomic E-state index is -0.851. The number of hydrogen-bond donors (Lipinski definition) is 1. The molecular formula is C34H29ClN4O3S. The molecule has 216 valence electrons. The van der Waals surface area contributed by atoms with Crippen LogP contribution in [0.2, 0.25) is 5.02 Å². The summed E-state index contributed by atoms with van der Waals surface area (Å²) >= 11 is 7.88. The molecule has 3 aliphatic heterocycles. The van der Waals surface area contributed by atoms with Gasteiger partial charge in [0.05, 0.1) is 33.7 Å². The Bertz CT molecular complexity index is 2150. The fraction of sp³-hybridized carbons (Fsp3) is 0.265. The predicted octanol–water partition coefficient (Wildman–Crippen LogP) is 7.43. The first-order valence-corrected chi connectivity index (χ1v) is 15.7. The zero-order valence-corrected chi connectivity index (χ0v) is 25.5. The molecule has 0 spiro atoms. The summed E-state index contributed by atoms with van der Waals surface area (Å²) in [5.41, 5.74) is 5.30. The van der Waals surface area contributed by atoms with Gasteiger partial charge in [-0.3, -0.25) is 4.79 Å². The van der Waals surface area contributed by atoms with Crippen LogP contribution in [0.1, 0.15) is 35.5 Å². The third-order valence-electron chi connectivity index (χ3n) is 9.73. The number of aromatic nitrogens is 2. The molecule has 2 bridgehead atoms. The molecule has 2 aromatic heterocycles. The largest absolute Gasteiger partial charge is 0.375 e. The van der Waals surface area contributed by atoms with Gasteiger partial charge in [0, 0.05) is 51.5 Å². The molecule has 5 heterocycles. The second-order valence-corrected chi connectivity index (χ2v) is 13.6. The van der Waals surface area contributed by atoms with Gasteiger partial charge in [-0.05, 0) is 67.9 Å². The summed E-state index contributed by atoms with van der Waals surface area (Å²) in [4.78, 5) is 14.7. The molecule has 0 radical (unpaired) electrons. The summed E-state index contributed by atoms with van der Waals surface area (Å²) in [7, 11) is 3.92. The number of likely N-dealkylation sites (N-methyl/N-ethyl adjacent to an activating group) is 1. The van der Waals surface area contributed by atoms with E-state index in [1.54, 1.807) is 19.1 Å². The molecule has 9 rings (SSSR count). The lowest BCUT2D eigenvalue weighted by molar-refractivity contribution is -0.262. The van der Waals surface area contributed by atoms with Gasteiger partial charge in [0.1, 0.15) is 12.3 Å². The maximum Gasteiger partial charge on any atom is 0.252 e. The molecule has 7 nitrogen and oxygen atoms in total. The quantitative estimate of drug-likeness (QED) is 0.211. The van der Waals surface area contributed by atoms with Crippen molar-refractivity contribution >= 4 is 73.1 Å². The molecule has 1 saturated heterocycles. The third kappa shape index (κ3) is 3.30. The van der Waals surface area contributed by atoms with Gasteiger partial charge >= 0.3 is 0 Å². The third-order valence-corrected chi connectivity index (χ3v) is 11.0. The van der Waals surface area contributed by atoms with E-state index in [1.807, 2.05) is 24.3 Å². The number of methoxy groups -OCH3 is 1. The number of hydrogen-bond acceptors (Lipinski definition) is 5. The Hall–Kier alpha value is -3.53. The molecule has 9 heteroatoms. The fourth-order valence-electron chi connectivity index (χ4n) is 8.10. The van der Waals surface area contributed by atoms with Crippen molar-refractivity contribution in [3.63, 3.8) is 0 Å². The molecule has 1 unspecified atom stereocenters. The number of carbonyl (C=O) groups excluding carboxylic acids is 1. The van der Waals surface area contributed by atoms with Crippen LogP contribution in [0.25, 0.3) is 43.6 Å². The summed E-state index contributed by atoms with van der Waals surface area (Å²) in [5, 5.41) is 8.19. The molecule has 4 aromatic carbocycles. The standard InChI is InChI=1S/C34H29ClN4O3S/c1-34-32(41-3)25(37(2)43-19-14-12-18(35)13-15-19)16-26(42-34)38-23-10-6-4-8-20(23)28-29-22(17-36-33(29)40)27-21-9-5-7-11-24(21)39(34)31(27)30(28)38/h4-15,25-26,32H,16-17H2,1-3H3,(H,36,40)/t25?,26-,32-,34+/m1/s1. The van der Waals surface area contributed by atoms with Gasteiger partial charge in [0.25, 0.3) is 5.91 Å². The monoisotopic (exact) mass is 608 g/mol. The summed E-state index contributed by atoms with van der Waals surface area (Å²) in [6, 6.07) is 24.9. The van der Waals surface area contributed by atoms with E-state index in [0.29, 0.717) is 13.0 Å². The molecular weight excluding hydrogens is 580 g/mol. The minimum Gasteiger partial charge on any atom is -0.375 e. The topological polar surface area (TPSA) is 60.7 Å². The lowest BCUT2D eigenvalue weighted by Gasteiger charge is -2.50. The van der Waals surface area contributed by atoms with Gasteiger partial charge in [-0.15, -0.1) is 0 Å². The molecule has 0 saturated carbocycles. The SMILES string of the molecule is CO[C@@H]1C(N(C)Sc2ccc(Cl)cc2)C[C@H]2O[C@]1(C)n1c3ccccc3c3c4c(c5c6ccccc6n2c5c31)C(=O)NC4. The number of para-hydroxylation sites is 2. The molecule has 1 N–H and O–H groups in total. The lowest BCUT2D eigenvalue weighted by Crippen LogP contribution is -2.59. The molecule has 43 heavy (non-hydrogen) atoms. The first-order valence-electron chi connectivity index (χ1n) is 14.6. The Morgan fingerprint density at radius 2 is 1.70 bits per heavy atom. The Balaban J connectivity index is 1.39. The molecule has 1 fully saturated rings. The van der Waals surface area contributed by atoms with Crippen LogP contribution in [0, 0.1) is 0 Å². The smallest absolute Gasteiger partial charge is 0.252 e. The van der Waals surface area contributed by atoms with Crippen molar-refractivity contribution in [1.82, 2.24) is 18.8 Å². The molecule has 0 aliphatic carbocycles. The summed E-state index contributed by atoms with van der Waals surface area (Å²) in [6.45, 7) is 2.68. The Morgan fingerprint density at radius 1 is 1.00 bits per heavy atom. The van der Waals surface area contributed by atoms with Crippen LogP contribution in [0.5, 0.6) is 0 Å². The second-order valence-electron chi connectivity index (χ2n) is 11.9. The van der Waals surface area contributed by atoms with Crippen molar-refractivity contribution in [3.8, 4) is 0 Å². The number of fused-ring (bicyclic) bond motifs is 13. The number of rotatable bonds is 4. The van der Waals surface area contributed by atoms with E-state index in [4.69, 9.17) is 21.1 Å². The molecule has 4 atom stereocenters. The van der Waals surface area contributed by atoms with E-state index in [0.717, 1.165) is 64.7 Å². The van der Waals surface area contributed by atoms with Crippen molar-refractivity contribution in [2.24, 2.45) is 0 Å². The van der Waals surface area contributed by atoms with Crippen LogP contribution in [0.4, 0.5) is 0 Å². The van der Waals surface area contributed by atoms with Gasteiger partial charge in [0.15, 0.2) is 5.72 Å². The van der Waals surface area contributed by atoms with E-state index in [1.165, 1.54) is 0 Å². The van der Waals surface area contributed by atoms with E-state index in [9.17, 15) is 4.79 Å². The highest BCUT2D eigenvalue weighted by molar-refractivity contribution is 7.97. The summed E-state index contributed by atoms with van der Waals surface area (Å²) < 4.78 is 20.8. The van der Waals surface area contributed by atoms with E-state index < -0.39 is 5.72 Å². The Labute approximate surface area is 257 Å².